The molecule has 1 aliphatic heterocycles. The van der Waals surface area contributed by atoms with E-state index in [1.54, 1.807) is 12.1 Å². The average Bonchev–Trinajstić information content (AvgIpc) is 2.71. The molecular formula is C15H17FN2. The quantitative estimate of drug-likeness (QED) is 0.749. The highest BCUT2D eigenvalue weighted by molar-refractivity contribution is 5.38. The molecule has 2 aromatic rings. The van der Waals surface area contributed by atoms with Gasteiger partial charge in [-0.15, -0.1) is 0 Å². The number of rotatable bonds is 1. The number of hydrogen-bond donors (Lipinski definition) is 0. The smallest absolute Gasteiger partial charge is 0.123 e. The second-order valence-corrected chi connectivity index (χ2v) is 5.13. The zero-order chi connectivity index (χ0) is 12.7. The van der Waals surface area contributed by atoms with Crippen LogP contribution < -0.4 is 0 Å². The third-order valence-electron chi connectivity index (χ3n) is 3.80. The molecule has 1 aromatic heterocycles. The molecular weight excluding hydrogens is 227 g/mol. The molecule has 0 N–H and O–H groups in total. The van der Waals surface area contributed by atoms with Crippen LogP contribution in [0.15, 0.2) is 36.5 Å². The molecule has 2 nitrogen and oxygen atoms in total. The summed E-state index contributed by atoms with van der Waals surface area (Å²) >= 11 is 0. The van der Waals surface area contributed by atoms with E-state index in [2.05, 4.69) is 35.8 Å². The second kappa shape index (κ2) is 4.25. The van der Waals surface area contributed by atoms with Crippen LogP contribution in [0.1, 0.15) is 22.7 Å². The Kier molecular flexibility index (Phi) is 2.71. The van der Waals surface area contributed by atoms with Gasteiger partial charge in [-0.25, -0.2) is 4.39 Å². The van der Waals surface area contributed by atoms with Crippen LogP contribution >= 0.6 is 0 Å². The molecule has 0 spiro atoms. The first-order chi connectivity index (χ1) is 8.65. The first-order valence-corrected chi connectivity index (χ1v) is 6.23. The number of benzene rings is 1. The number of aromatic nitrogens is 1. The number of halogens is 1. The fourth-order valence-electron chi connectivity index (χ4n) is 2.81. The molecule has 1 unspecified atom stereocenters. The molecule has 0 fully saturated rings. The molecule has 0 amide bonds. The van der Waals surface area contributed by atoms with Gasteiger partial charge in [0.05, 0.1) is 0 Å². The topological polar surface area (TPSA) is 8.17 Å². The van der Waals surface area contributed by atoms with Crippen molar-refractivity contribution in [3.05, 3.63) is 59.2 Å². The Hall–Kier alpha value is -1.61. The zero-order valence-electron chi connectivity index (χ0n) is 10.7. The lowest BCUT2D eigenvalue weighted by atomic mass is 9.88. The van der Waals surface area contributed by atoms with E-state index in [0.29, 0.717) is 5.92 Å². The van der Waals surface area contributed by atoms with Crippen molar-refractivity contribution in [3.63, 3.8) is 0 Å². The molecule has 0 saturated carbocycles. The van der Waals surface area contributed by atoms with Crippen molar-refractivity contribution in [1.82, 2.24) is 9.47 Å². The highest BCUT2D eigenvalue weighted by Gasteiger charge is 2.26. The Balaban J connectivity index is 2.04. The number of likely N-dealkylation sites (N-methyl/N-ethyl adjacent to an activating group) is 1. The van der Waals surface area contributed by atoms with Gasteiger partial charge in [-0.2, -0.15) is 0 Å². The molecule has 2 heterocycles. The number of aryl methyl sites for hydroxylation is 1. The van der Waals surface area contributed by atoms with Gasteiger partial charge in [-0.05, 0) is 36.4 Å². The summed E-state index contributed by atoms with van der Waals surface area (Å²) in [4.78, 5) is 2.32. The van der Waals surface area contributed by atoms with E-state index in [4.69, 9.17) is 0 Å². The van der Waals surface area contributed by atoms with Gasteiger partial charge >= 0.3 is 0 Å². The summed E-state index contributed by atoms with van der Waals surface area (Å²) in [6.45, 7) is 1.97. The Morgan fingerprint density at radius 2 is 1.83 bits per heavy atom. The van der Waals surface area contributed by atoms with E-state index in [9.17, 15) is 4.39 Å². The van der Waals surface area contributed by atoms with Crippen LogP contribution in [0.5, 0.6) is 0 Å². The van der Waals surface area contributed by atoms with Crippen molar-refractivity contribution in [2.24, 2.45) is 7.05 Å². The first-order valence-electron chi connectivity index (χ1n) is 6.23. The molecule has 1 aliphatic rings. The zero-order valence-corrected chi connectivity index (χ0v) is 10.7. The van der Waals surface area contributed by atoms with Crippen molar-refractivity contribution in [3.8, 4) is 0 Å². The number of hydrogen-bond acceptors (Lipinski definition) is 1. The van der Waals surface area contributed by atoms with E-state index in [-0.39, 0.29) is 5.82 Å². The van der Waals surface area contributed by atoms with E-state index in [1.807, 2.05) is 12.1 Å². The molecule has 0 radical (unpaired) electrons. The van der Waals surface area contributed by atoms with Crippen molar-refractivity contribution >= 4 is 0 Å². The lowest BCUT2D eigenvalue weighted by Gasteiger charge is -2.31. The lowest BCUT2D eigenvalue weighted by Crippen LogP contribution is -2.31. The molecule has 94 valence electrons. The van der Waals surface area contributed by atoms with Crippen LogP contribution in [0, 0.1) is 5.82 Å². The first kappa shape index (κ1) is 11.5. The highest BCUT2D eigenvalue weighted by Crippen LogP contribution is 2.33. The summed E-state index contributed by atoms with van der Waals surface area (Å²) < 4.78 is 15.2. The van der Waals surface area contributed by atoms with Crippen molar-refractivity contribution in [2.75, 3.05) is 13.6 Å². The molecule has 0 bridgehead atoms. The van der Waals surface area contributed by atoms with Crippen LogP contribution in [0.25, 0.3) is 0 Å². The second-order valence-electron chi connectivity index (χ2n) is 5.13. The van der Waals surface area contributed by atoms with Crippen LogP contribution in [-0.2, 0) is 13.6 Å². The molecule has 0 aliphatic carbocycles. The largest absolute Gasteiger partial charge is 0.353 e. The van der Waals surface area contributed by atoms with Gasteiger partial charge in [-0.1, -0.05) is 12.1 Å². The standard InChI is InChI=1S/C15H17FN2/c1-17-9-14(11-3-5-12(16)6-4-11)13-7-8-18(2)15(13)10-17/h3-8,14H,9-10H2,1-2H3. The van der Waals surface area contributed by atoms with E-state index >= 15 is 0 Å². The maximum absolute atomic E-state index is 13.0. The monoisotopic (exact) mass is 244 g/mol. The highest BCUT2D eigenvalue weighted by atomic mass is 19.1. The van der Waals surface area contributed by atoms with Gasteiger partial charge in [0, 0.05) is 37.9 Å². The molecule has 3 heteroatoms. The summed E-state index contributed by atoms with van der Waals surface area (Å²) in [7, 11) is 4.21. The van der Waals surface area contributed by atoms with Gasteiger partial charge < -0.3 is 4.57 Å². The number of nitrogens with zero attached hydrogens (tertiary/aromatic N) is 2. The lowest BCUT2D eigenvalue weighted by molar-refractivity contribution is 0.287. The minimum absolute atomic E-state index is 0.170. The van der Waals surface area contributed by atoms with Gasteiger partial charge in [-0.3, -0.25) is 4.90 Å². The summed E-state index contributed by atoms with van der Waals surface area (Å²) in [6.07, 6.45) is 2.11. The van der Waals surface area contributed by atoms with Crippen LogP contribution in [0.4, 0.5) is 4.39 Å². The van der Waals surface area contributed by atoms with Crippen LogP contribution in [0.2, 0.25) is 0 Å². The minimum atomic E-state index is -0.170. The Bertz CT molecular complexity index is 556. The molecule has 0 saturated heterocycles. The van der Waals surface area contributed by atoms with Crippen molar-refractivity contribution in [2.45, 2.75) is 12.5 Å². The Labute approximate surface area is 107 Å². The molecule has 3 rings (SSSR count). The van der Waals surface area contributed by atoms with Gasteiger partial charge in [0.1, 0.15) is 5.82 Å². The number of fused-ring (bicyclic) bond motifs is 1. The average molecular weight is 244 g/mol. The summed E-state index contributed by atoms with van der Waals surface area (Å²) in [6, 6.07) is 9.08. The van der Waals surface area contributed by atoms with Crippen molar-refractivity contribution < 1.29 is 4.39 Å². The van der Waals surface area contributed by atoms with Gasteiger partial charge in [0.2, 0.25) is 0 Å². The fraction of sp³-hybridized carbons (Fsp3) is 0.333. The summed E-state index contributed by atoms with van der Waals surface area (Å²) in [5.41, 5.74) is 3.93. The maximum Gasteiger partial charge on any atom is 0.123 e. The Morgan fingerprint density at radius 3 is 2.56 bits per heavy atom. The Morgan fingerprint density at radius 1 is 1.11 bits per heavy atom. The van der Waals surface area contributed by atoms with E-state index in [0.717, 1.165) is 13.1 Å². The minimum Gasteiger partial charge on any atom is -0.353 e. The molecule has 1 aromatic carbocycles. The van der Waals surface area contributed by atoms with Gasteiger partial charge in [0.15, 0.2) is 0 Å². The van der Waals surface area contributed by atoms with E-state index in [1.165, 1.54) is 16.8 Å². The fourth-order valence-corrected chi connectivity index (χ4v) is 2.81. The molecule has 1 atom stereocenters. The van der Waals surface area contributed by atoms with Crippen LogP contribution in [0.3, 0.4) is 0 Å². The maximum atomic E-state index is 13.0. The van der Waals surface area contributed by atoms with E-state index < -0.39 is 0 Å². The van der Waals surface area contributed by atoms with Crippen LogP contribution in [-0.4, -0.2) is 23.1 Å². The summed E-state index contributed by atoms with van der Waals surface area (Å²) in [5.74, 6) is 0.178. The van der Waals surface area contributed by atoms with Crippen molar-refractivity contribution in [1.29, 1.82) is 0 Å². The molecule has 18 heavy (non-hydrogen) atoms. The predicted molar refractivity (Wildman–Crippen MR) is 70.0 cm³/mol. The third-order valence-corrected chi connectivity index (χ3v) is 3.80. The summed E-state index contributed by atoms with van der Waals surface area (Å²) in [5, 5.41) is 0. The van der Waals surface area contributed by atoms with Gasteiger partial charge in [0.25, 0.3) is 0 Å². The normalized spacial score (nSPS) is 19.8. The SMILES string of the molecule is CN1Cc2c(ccn2C)C(c2ccc(F)cc2)C1. The predicted octanol–water partition coefficient (Wildman–Crippen LogP) is 2.74. The third kappa shape index (κ3) is 1.85.